The van der Waals surface area contributed by atoms with Crippen molar-refractivity contribution in [2.75, 3.05) is 4.90 Å². The Bertz CT molecular complexity index is 3700. The first kappa shape index (κ1) is 39.6. The van der Waals surface area contributed by atoms with Crippen LogP contribution in [0.15, 0.2) is 231 Å². The molecule has 10 aromatic carbocycles. The Morgan fingerprint density at radius 1 is 0.397 bits per heavy atom. The first-order chi connectivity index (χ1) is 33.6. The smallest absolute Gasteiger partial charge is 0.0713 e. The molecule has 324 valence electrons. The van der Waals surface area contributed by atoms with Crippen molar-refractivity contribution < 1.29 is 0 Å². The van der Waals surface area contributed by atoms with Crippen LogP contribution in [0, 0.1) is 5.92 Å². The molecule has 3 aliphatic rings. The zero-order valence-corrected chi connectivity index (χ0v) is 38.7. The highest BCUT2D eigenvalue weighted by Crippen LogP contribution is 2.60. The molecule has 11 aromatic rings. The maximum absolute atomic E-state index is 2.61. The number of anilines is 3. The summed E-state index contributed by atoms with van der Waals surface area (Å²) in [6, 6.07) is 86.9. The van der Waals surface area contributed by atoms with Crippen molar-refractivity contribution >= 4 is 59.3 Å². The number of thiophene rings is 1. The standard InChI is InChI=1S/C66H49NS/c1-3-13-45(14-4-1)54-21-11-15-47-16-12-22-55(64(47)54)46-25-30-51(31-26-46)67(53-34-36-63-59(42-53)57-20-8-10-24-62(57)68-63)52-32-27-49(28-33-52)66(48-17-5-2-6-18-48)60-23-9-7-19-56(60)58-41-50(29-35-61(58)66)65-39-37-44(43-65)38-40-65/h1-36,41-42,44H,37-40,43H2. The minimum absolute atomic E-state index is 0.342. The average Bonchev–Trinajstić information content (AvgIpc) is 4.20. The van der Waals surface area contributed by atoms with Crippen LogP contribution >= 0.6 is 11.3 Å². The second kappa shape index (κ2) is 15.5. The highest BCUT2D eigenvalue weighted by atomic mass is 32.1. The molecule has 0 spiro atoms. The van der Waals surface area contributed by atoms with Crippen LogP contribution in [0.3, 0.4) is 0 Å². The van der Waals surface area contributed by atoms with Gasteiger partial charge in [0.2, 0.25) is 0 Å². The van der Waals surface area contributed by atoms with Gasteiger partial charge in [-0.1, -0.05) is 182 Å². The van der Waals surface area contributed by atoms with Crippen molar-refractivity contribution in [3.8, 4) is 33.4 Å². The Morgan fingerprint density at radius 3 is 1.71 bits per heavy atom. The second-order valence-electron chi connectivity index (χ2n) is 19.6. The van der Waals surface area contributed by atoms with E-state index >= 15 is 0 Å². The minimum Gasteiger partial charge on any atom is -0.310 e. The fraction of sp³-hybridized carbons (Fsp3) is 0.121. The molecule has 1 aromatic heterocycles. The minimum atomic E-state index is -0.464. The molecule has 2 heteroatoms. The van der Waals surface area contributed by atoms with E-state index in [0.29, 0.717) is 5.41 Å². The fourth-order valence-electron chi connectivity index (χ4n) is 13.1. The molecule has 0 aliphatic heterocycles. The molecule has 0 N–H and O–H groups in total. The topological polar surface area (TPSA) is 3.24 Å². The molecular formula is C66H49NS. The fourth-order valence-corrected chi connectivity index (χ4v) is 14.2. The third kappa shape index (κ3) is 6.00. The maximum atomic E-state index is 2.61. The molecule has 2 bridgehead atoms. The van der Waals surface area contributed by atoms with E-state index in [1.165, 1.54) is 119 Å². The van der Waals surface area contributed by atoms with Crippen molar-refractivity contribution in [2.24, 2.45) is 5.92 Å². The number of fused-ring (bicyclic) bond motifs is 9. The molecule has 1 unspecified atom stereocenters. The van der Waals surface area contributed by atoms with E-state index in [9.17, 15) is 0 Å². The Hall–Kier alpha value is -7.52. The van der Waals surface area contributed by atoms with E-state index in [1.807, 2.05) is 11.3 Å². The van der Waals surface area contributed by atoms with Crippen molar-refractivity contribution in [1.29, 1.82) is 0 Å². The lowest BCUT2D eigenvalue weighted by atomic mass is 9.67. The molecule has 3 aliphatic carbocycles. The normalized spacial score (nSPS) is 19.1. The molecule has 1 heterocycles. The largest absolute Gasteiger partial charge is 0.310 e. The van der Waals surface area contributed by atoms with Crippen molar-refractivity contribution in [1.82, 2.24) is 0 Å². The first-order valence-corrected chi connectivity index (χ1v) is 25.3. The van der Waals surface area contributed by atoms with Crippen LogP contribution in [0.5, 0.6) is 0 Å². The Labute approximate surface area is 402 Å². The van der Waals surface area contributed by atoms with E-state index in [4.69, 9.17) is 0 Å². The van der Waals surface area contributed by atoms with Crippen LogP contribution in [0.2, 0.25) is 0 Å². The molecule has 1 atom stereocenters. The summed E-state index contributed by atoms with van der Waals surface area (Å²) in [5, 5.41) is 5.11. The molecule has 2 saturated carbocycles. The number of rotatable bonds is 8. The summed E-state index contributed by atoms with van der Waals surface area (Å²) in [5.41, 5.74) is 17.8. The number of hydrogen-bond acceptors (Lipinski definition) is 2. The molecule has 2 fully saturated rings. The van der Waals surface area contributed by atoms with Crippen LogP contribution in [0.1, 0.15) is 59.9 Å². The zero-order valence-electron chi connectivity index (χ0n) is 37.9. The van der Waals surface area contributed by atoms with Crippen LogP contribution in [-0.2, 0) is 10.8 Å². The molecule has 0 amide bonds. The van der Waals surface area contributed by atoms with E-state index in [0.717, 1.165) is 23.0 Å². The summed E-state index contributed by atoms with van der Waals surface area (Å²) < 4.78 is 2.62. The third-order valence-electron chi connectivity index (χ3n) is 16.2. The lowest BCUT2D eigenvalue weighted by Gasteiger charge is -2.35. The Kier molecular flexibility index (Phi) is 9.05. The van der Waals surface area contributed by atoms with Gasteiger partial charge in [-0.25, -0.2) is 0 Å². The van der Waals surface area contributed by atoms with Gasteiger partial charge < -0.3 is 4.90 Å². The average molecular weight is 888 g/mol. The van der Waals surface area contributed by atoms with Gasteiger partial charge in [-0.15, -0.1) is 11.3 Å². The predicted octanol–water partition coefficient (Wildman–Crippen LogP) is 18.2. The molecular weight excluding hydrogens is 839 g/mol. The van der Waals surface area contributed by atoms with Crippen molar-refractivity contribution in [3.63, 3.8) is 0 Å². The van der Waals surface area contributed by atoms with Gasteiger partial charge in [0.1, 0.15) is 0 Å². The Morgan fingerprint density at radius 2 is 0.971 bits per heavy atom. The molecule has 0 saturated heterocycles. The summed E-state index contributed by atoms with van der Waals surface area (Å²) in [6.07, 6.45) is 6.78. The zero-order chi connectivity index (χ0) is 44.8. The van der Waals surface area contributed by atoms with Gasteiger partial charge in [0.25, 0.3) is 0 Å². The lowest BCUT2D eigenvalue weighted by Crippen LogP contribution is -2.29. The van der Waals surface area contributed by atoms with Gasteiger partial charge in [0, 0.05) is 37.2 Å². The van der Waals surface area contributed by atoms with E-state index in [-0.39, 0.29) is 0 Å². The molecule has 1 nitrogen and oxygen atoms in total. The second-order valence-corrected chi connectivity index (χ2v) is 20.7. The summed E-state index contributed by atoms with van der Waals surface area (Å²) in [7, 11) is 0. The van der Waals surface area contributed by atoms with Crippen LogP contribution < -0.4 is 4.90 Å². The first-order valence-electron chi connectivity index (χ1n) is 24.4. The number of nitrogens with zero attached hydrogens (tertiary/aromatic N) is 1. The molecule has 0 radical (unpaired) electrons. The highest BCUT2D eigenvalue weighted by Gasteiger charge is 2.49. The van der Waals surface area contributed by atoms with Crippen molar-refractivity contribution in [3.05, 3.63) is 258 Å². The van der Waals surface area contributed by atoms with E-state index in [2.05, 4.69) is 235 Å². The van der Waals surface area contributed by atoms with Gasteiger partial charge in [-0.2, -0.15) is 0 Å². The SMILES string of the molecule is c1ccc(-c2cccc3cccc(-c4ccc(N(c5ccc(C6(c7ccccc7)c7ccccc7-c7cc(C89CCC(CC8)C9)ccc76)cc5)c5ccc6sc7ccccc7c6c5)cc4)c23)cc1. The Balaban J connectivity index is 0.924. The number of hydrogen-bond donors (Lipinski definition) is 0. The quantitative estimate of drug-likeness (QED) is 0.147. The number of benzene rings is 10. The lowest BCUT2D eigenvalue weighted by molar-refractivity contribution is 0.419. The maximum Gasteiger partial charge on any atom is 0.0713 e. The molecule has 14 rings (SSSR count). The molecule has 68 heavy (non-hydrogen) atoms. The van der Waals surface area contributed by atoms with Crippen molar-refractivity contribution in [2.45, 2.75) is 42.9 Å². The van der Waals surface area contributed by atoms with Gasteiger partial charge in [-0.3, -0.25) is 0 Å². The van der Waals surface area contributed by atoms with Gasteiger partial charge in [-0.05, 0) is 164 Å². The van der Waals surface area contributed by atoms with Gasteiger partial charge >= 0.3 is 0 Å². The summed E-state index contributed by atoms with van der Waals surface area (Å²) in [5.74, 6) is 0.902. The highest BCUT2D eigenvalue weighted by molar-refractivity contribution is 7.25. The van der Waals surface area contributed by atoms with Gasteiger partial charge in [0.05, 0.1) is 5.41 Å². The van der Waals surface area contributed by atoms with Crippen LogP contribution in [0.4, 0.5) is 17.1 Å². The summed E-state index contributed by atoms with van der Waals surface area (Å²) in [6.45, 7) is 0. The van der Waals surface area contributed by atoms with Gasteiger partial charge in [0.15, 0.2) is 0 Å². The predicted molar refractivity (Wildman–Crippen MR) is 288 cm³/mol. The van der Waals surface area contributed by atoms with Crippen LogP contribution in [-0.4, -0.2) is 0 Å². The van der Waals surface area contributed by atoms with E-state index < -0.39 is 5.41 Å². The monoisotopic (exact) mass is 887 g/mol. The van der Waals surface area contributed by atoms with Crippen LogP contribution in [0.25, 0.3) is 64.3 Å². The van der Waals surface area contributed by atoms with E-state index in [1.54, 1.807) is 5.56 Å². The summed E-state index contributed by atoms with van der Waals surface area (Å²) >= 11 is 1.87. The third-order valence-corrected chi connectivity index (χ3v) is 17.4. The summed E-state index contributed by atoms with van der Waals surface area (Å²) in [4.78, 5) is 2.45.